The minimum Gasteiger partial charge on any atom is -0.493 e. The first-order valence-electron chi connectivity index (χ1n) is 9.89. The van der Waals surface area contributed by atoms with Crippen molar-refractivity contribution >= 4 is 34.7 Å². The monoisotopic (exact) mass is 453 g/mol. The maximum Gasteiger partial charge on any atom is 0.271 e. The molecule has 0 saturated carbocycles. The molecule has 0 aliphatic carbocycles. The Bertz CT molecular complexity index is 1100. The van der Waals surface area contributed by atoms with E-state index in [1.807, 2.05) is 6.92 Å². The number of ether oxygens (including phenoxy) is 2. The minimum atomic E-state index is -0.574. The van der Waals surface area contributed by atoms with E-state index in [1.54, 1.807) is 53.9 Å². The van der Waals surface area contributed by atoms with E-state index >= 15 is 0 Å². The van der Waals surface area contributed by atoms with Gasteiger partial charge in [-0.2, -0.15) is 0 Å². The highest BCUT2D eigenvalue weighted by atomic mass is 32.1. The van der Waals surface area contributed by atoms with Gasteiger partial charge in [-0.1, -0.05) is 25.1 Å². The molecule has 0 aliphatic heterocycles. The Kier molecular flexibility index (Phi) is 7.82. The summed E-state index contributed by atoms with van der Waals surface area (Å²) < 4.78 is 10.9. The topological polar surface area (TPSA) is 106 Å². The van der Waals surface area contributed by atoms with Gasteiger partial charge in [0.15, 0.2) is 11.5 Å². The SMILES string of the molecule is CCCOc1ccc(C(=O)NNC(=O)c2ccccc2NC(=O)c2cccs2)cc1OC. The lowest BCUT2D eigenvalue weighted by molar-refractivity contribution is 0.0846. The van der Waals surface area contributed by atoms with Crippen molar-refractivity contribution in [2.75, 3.05) is 19.0 Å². The molecule has 2 aromatic carbocycles. The van der Waals surface area contributed by atoms with Crippen molar-refractivity contribution in [2.45, 2.75) is 13.3 Å². The van der Waals surface area contributed by atoms with Crippen molar-refractivity contribution in [3.05, 3.63) is 76.0 Å². The smallest absolute Gasteiger partial charge is 0.271 e. The number of methoxy groups -OCH3 is 1. The fourth-order valence-electron chi connectivity index (χ4n) is 2.77. The van der Waals surface area contributed by atoms with Gasteiger partial charge in [0.25, 0.3) is 17.7 Å². The highest BCUT2D eigenvalue weighted by Crippen LogP contribution is 2.28. The molecule has 0 saturated heterocycles. The Hall–Kier alpha value is -3.85. The average Bonchev–Trinajstić information content (AvgIpc) is 3.36. The normalized spacial score (nSPS) is 10.2. The van der Waals surface area contributed by atoms with Gasteiger partial charge in [0, 0.05) is 5.56 Å². The molecule has 3 N–H and O–H groups in total. The molecule has 166 valence electrons. The molecule has 0 atom stereocenters. The molecule has 3 rings (SSSR count). The Labute approximate surface area is 189 Å². The second-order valence-electron chi connectivity index (χ2n) is 6.60. The first-order chi connectivity index (χ1) is 15.5. The maximum absolute atomic E-state index is 12.6. The second-order valence-corrected chi connectivity index (χ2v) is 7.55. The Balaban J connectivity index is 1.66. The molecule has 1 aromatic heterocycles. The third-order valence-corrected chi connectivity index (χ3v) is 5.21. The molecule has 1 heterocycles. The summed E-state index contributed by atoms with van der Waals surface area (Å²) in [6, 6.07) is 14.7. The van der Waals surface area contributed by atoms with E-state index in [4.69, 9.17) is 9.47 Å². The van der Waals surface area contributed by atoms with Crippen molar-refractivity contribution in [1.82, 2.24) is 10.9 Å². The Morgan fingerprint density at radius 3 is 2.41 bits per heavy atom. The van der Waals surface area contributed by atoms with Gasteiger partial charge in [0.1, 0.15) is 0 Å². The molecule has 0 bridgehead atoms. The summed E-state index contributed by atoms with van der Waals surface area (Å²) in [5.41, 5.74) is 5.57. The van der Waals surface area contributed by atoms with Crippen LogP contribution in [0.2, 0.25) is 0 Å². The van der Waals surface area contributed by atoms with Crippen molar-refractivity contribution in [3.8, 4) is 11.5 Å². The molecule has 0 fully saturated rings. The summed E-state index contributed by atoms with van der Waals surface area (Å²) in [5.74, 6) is -0.472. The number of hydrogen-bond donors (Lipinski definition) is 3. The van der Waals surface area contributed by atoms with E-state index < -0.39 is 11.8 Å². The zero-order chi connectivity index (χ0) is 22.9. The zero-order valence-corrected chi connectivity index (χ0v) is 18.5. The highest BCUT2D eigenvalue weighted by Gasteiger charge is 2.16. The number of hydrogen-bond acceptors (Lipinski definition) is 6. The fourth-order valence-corrected chi connectivity index (χ4v) is 3.39. The van der Waals surface area contributed by atoms with Crippen LogP contribution in [0.1, 0.15) is 43.7 Å². The van der Waals surface area contributed by atoms with E-state index in [2.05, 4.69) is 16.2 Å². The summed E-state index contributed by atoms with van der Waals surface area (Å²) >= 11 is 1.30. The molecular weight excluding hydrogens is 430 g/mol. The van der Waals surface area contributed by atoms with Crippen molar-refractivity contribution < 1.29 is 23.9 Å². The summed E-state index contributed by atoms with van der Waals surface area (Å²) in [6.07, 6.45) is 0.840. The molecule has 32 heavy (non-hydrogen) atoms. The van der Waals surface area contributed by atoms with Gasteiger partial charge in [0.05, 0.1) is 29.8 Å². The number of hydrazine groups is 1. The van der Waals surface area contributed by atoms with Gasteiger partial charge in [0.2, 0.25) is 0 Å². The number of para-hydroxylation sites is 1. The molecular formula is C23H23N3O5S. The summed E-state index contributed by atoms with van der Waals surface area (Å²) in [5, 5.41) is 4.51. The molecule has 3 aromatic rings. The van der Waals surface area contributed by atoms with E-state index in [0.717, 1.165) is 6.42 Å². The van der Waals surface area contributed by atoms with Crippen LogP contribution < -0.4 is 25.6 Å². The number of rotatable bonds is 8. The van der Waals surface area contributed by atoms with Crippen LogP contribution in [0.15, 0.2) is 60.0 Å². The van der Waals surface area contributed by atoms with E-state index in [1.165, 1.54) is 24.5 Å². The number of carbonyl (C=O) groups is 3. The lowest BCUT2D eigenvalue weighted by Gasteiger charge is -2.13. The van der Waals surface area contributed by atoms with Gasteiger partial charge in [-0.25, -0.2) is 0 Å². The van der Waals surface area contributed by atoms with Crippen LogP contribution in [0, 0.1) is 0 Å². The second kappa shape index (κ2) is 11.0. The molecule has 0 spiro atoms. The average molecular weight is 454 g/mol. The molecule has 0 radical (unpaired) electrons. The van der Waals surface area contributed by atoms with Gasteiger partial charge < -0.3 is 14.8 Å². The van der Waals surface area contributed by atoms with Crippen LogP contribution in [0.5, 0.6) is 11.5 Å². The fraction of sp³-hybridized carbons (Fsp3) is 0.174. The first-order valence-corrected chi connectivity index (χ1v) is 10.8. The summed E-state index contributed by atoms with van der Waals surface area (Å²) in [6.45, 7) is 2.52. The molecule has 3 amide bonds. The van der Waals surface area contributed by atoms with E-state index in [0.29, 0.717) is 28.7 Å². The quantitative estimate of drug-likeness (QED) is 0.449. The maximum atomic E-state index is 12.6. The number of anilines is 1. The van der Waals surface area contributed by atoms with E-state index in [9.17, 15) is 14.4 Å². The predicted octanol–water partition coefficient (Wildman–Crippen LogP) is 3.87. The van der Waals surface area contributed by atoms with Crippen LogP contribution in [-0.4, -0.2) is 31.4 Å². The van der Waals surface area contributed by atoms with Crippen LogP contribution in [0.25, 0.3) is 0 Å². The first kappa shape index (κ1) is 22.8. The lowest BCUT2D eigenvalue weighted by Crippen LogP contribution is -2.41. The standard InChI is InChI=1S/C23H23N3O5S/c1-3-12-31-18-11-10-15(14-19(18)30-2)21(27)25-26-22(28)16-7-4-5-8-17(16)24-23(29)20-9-6-13-32-20/h4-11,13-14H,3,12H2,1-2H3,(H,24,29)(H,25,27)(H,26,28). The highest BCUT2D eigenvalue weighted by molar-refractivity contribution is 7.12. The largest absolute Gasteiger partial charge is 0.493 e. The number of nitrogens with one attached hydrogen (secondary N) is 3. The van der Waals surface area contributed by atoms with Crippen LogP contribution in [0.4, 0.5) is 5.69 Å². The van der Waals surface area contributed by atoms with Gasteiger partial charge >= 0.3 is 0 Å². The Morgan fingerprint density at radius 2 is 1.69 bits per heavy atom. The third-order valence-electron chi connectivity index (χ3n) is 4.34. The van der Waals surface area contributed by atoms with Gasteiger partial charge in [-0.05, 0) is 48.2 Å². The van der Waals surface area contributed by atoms with Crippen molar-refractivity contribution in [2.24, 2.45) is 0 Å². The molecule has 8 nitrogen and oxygen atoms in total. The summed E-state index contributed by atoms with van der Waals surface area (Å²) in [7, 11) is 1.49. The number of benzene rings is 2. The van der Waals surface area contributed by atoms with Gasteiger partial charge in [-0.15, -0.1) is 11.3 Å². The molecule has 9 heteroatoms. The van der Waals surface area contributed by atoms with Crippen LogP contribution in [-0.2, 0) is 0 Å². The lowest BCUT2D eigenvalue weighted by atomic mass is 10.1. The third kappa shape index (κ3) is 5.64. The van der Waals surface area contributed by atoms with Crippen LogP contribution >= 0.6 is 11.3 Å². The molecule has 0 unspecified atom stereocenters. The van der Waals surface area contributed by atoms with E-state index in [-0.39, 0.29) is 17.0 Å². The Morgan fingerprint density at radius 1 is 0.906 bits per heavy atom. The van der Waals surface area contributed by atoms with Crippen molar-refractivity contribution in [1.29, 1.82) is 0 Å². The van der Waals surface area contributed by atoms with Crippen molar-refractivity contribution in [3.63, 3.8) is 0 Å². The molecule has 0 aliphatic rings. The summed E-state index contributed by atoms with van der Waals surface area (Å²) in [4.78, 5) is 38.0. The predicted molar refractivity (Wildman–Crippen MR) is 122 cm³/mol. The number of thiophene rings is 1. The minimum absolute atomic E-state index is 0.207. The van der Waals surface area contributed by atoms with Gasteiger partial charge in [-0.3, -0.25) is 25.2 Å². The number of amides is 3. The zero-order valence-electron chi connectivity index (χ0n) is 17.6. The number of carbonyl (C=O) groups excluding carboxylic acids is 3. The van der Waals surface area contributed by atoms with Crippen LogP contribution in [0.3, 0.4) is 0 Å².